The molecule has 0 aliphatic carbocycles. The molecule has 0 aromatic heterocycles. The molecule has 4 heteroatoms. The van der Waals surface area contributed by atoms with Gasteiger partial charge in [-0.25, -0.2) is 4.79 Å². The number of carbonyl (C=O) groups excluding carboxylic acids is 1. The molecule has 0 heterocycles. The van der Waals surface area contributed by atoms with Crippen molar-refractivity contribution in [1.29, 1.82) is 0 Å². The lowest BCUT2D eigenvalue weighted by atomic mass is 9.97. The van der Waals surface area contributed by atoms with E-state index in [1.165, 1.54) is 16.7 Å². The molecule has 25 heavy (non-hydrogen) atoms. The van der Waals surface area contributed by atoms with Crippen molar-refractivity contribution in [2.45, 2.75) is 45.8 Å². The van der Waals surface area contributed by atoms with E-state index in [4.69, 9.17) is 10.5 Å². The molecule has 3 N–H and O–H groups in total. The number of hydrogen-bond acceptors (Lipinski definition) is 3. The first-order valence-electron chi connectivity index (χ1n) is 8.62. The Morgan fingerprint density at radius 2 is 1.88 bits per heavy atom. The molecule has 2 aromatic carbocycles. The zero-order chi connectivity index (χ0) is 18.4. The molecule has 2 rings (SSSR count). The molecular formula is C21H28N2O2. The monoisotopic (exact) mass is 340 g/mol. The number of benzene rings is 2. The van der Waals surface area contributed by atoms with Crippen molar-refractivity contribution < 1.29 is 9.53 Å². The van der Waals surface area contributed by atoms with E-state index in [1.54, 1.807) is 0 Å². The molecule has 0 radical (unpaired) electrons. The van der Waals surface area contributed by atoms with Crippen LogP contribution in [-0.4, -0.2) is 24.3 Å². The Morgan fingerprint density at radius 3 is 2.56 bits per heavy atom. The van der Waals surface area contributed by atoms with E-state index in [-0.39, 0.29) is 6.04 Å². The number of amides is 1. The summed E-state index contributed by atoms with van der Waals surface area (Å²) in [5.41, 5.74) is 10.5. The fourth-order valence-corrected chi connectivity index (χ4v) is 2.67. The minimum absolute atomic E-state index is 0.167. The van der Waals surface area contributed by atoms with Gasteiger partial charge in [-0.05, 0) is 56.4 Å². The molecule has 0 saturated heterocycles. The highest BCUT2D eigenvalue weighted by molar-refractivity contribution is 5.68. The van der Waals surface area contributed by atoms with Crippen LogP contribution in [0, 0.1) is 6.92 Å². The molecule has 0 bridgehead atoms. The summed E-state index contributed by atoms with van der Waals surface area (Å²) in [6, 6.07) is 16.5. The summed E-state index contributed by atoms with van der Waals surface area (Å²) in [6.45, 7) is 8.00. The Morgan fingerprint density at radius 1 is 1.16 bits per heavy atom. The van der Waals surface area contributed by atoms with E-state index < -0.39 is 11.7 Å². The molecule has 4 nitrogen and oxygen atoms in total. The quantitative estimate of drug-likeness (QED) is 0.863. The van der Waals surface area contributed by atoms with Crippen molar-refractivity contribution in [3.8, 4) is 11.1 Å². The zero-order valence-electron chi connectivity index (χ0n) is 15.5. The van der Waals surface area contributed by atoms with Crippen molar-refractivity contribution in [1.82, 2.24) is 5.32 Å². The van der Waals surface area contributed by atoms with Gasteiger partial charge in [-0.2, -0.15) is 0 Å². The zero-order valence-corrected chi connectivity index (χ0v) is 15.5. The van der Waals surface area contributed by atoms with E-state index in [2.05, 4.69) is 42.6 Å². The van der Waals surface area contributed by atoms with Gasteiger partial charge in [0.1, 0.15) is 5.60 Å². The molecule has 1 unspecified atom stereocenters. The Balaban J connectivity index is 1.96. The molecule has 0 spiro atoms. The second-order valence-electron chi connectivity index (χ2n) is 7.36. The van der Waals surface area contributed by atoms with Crippen LogP contribution in [0.3, 0.4) is 0 Å². The molecule has 1 atom stereocenters. The van der Waals surface area contributed by atoms with Gasteiger partial charge in [0.25, 0.3) is 0 Å². The Kier molecular flexibility index (Phi) is 6.21. The van der Waals surface area contributed by atoms with Gasteiger partial charge in [-0.15, -0.1) is 0 Å². The smallest absolute Gasteiger partial charge is 0.407 e. The number of alkyl carbamates (subject to hydrolysis) is 1. The lowest BCUT2D eigenvalue weighted by Gasteiger charge is -2.21. The fourth-order valence-electron chi connectivity index (χ4n) is 2.67. The number of nitrogens with one attached hydrogen (secondary N) is 1. The minimum Gasteiger partial charge on any atom is -0.444 e. The van der Waals surface area contributed by atoms with Gasteiger partial charge in [0.2, 0.25) is 0 Å². The fraction of sp³-hybridized carbons (Fsp3) is 0.381. The molecule has 2 aromatic rings. The molecule has 0 saturated carbocycles. The van der Waals surface area contributed by atoms with Crippen molar-refractivity contribution in [3.05, 3.63) is 59.7 Å². The third-order valence-corrected chi connectivity index (χ3v) is 3.79. The molecule has 134 valence electrons. The number of ether oxygens (including phenoxy) is 1. The highest BCUT2D eigenvalue weighted by Gasteiger charge is 2.16. The first-order valence-corrected chi connectivity index (χ1v) is 8.62. The van der Waals surface area contributed by atoms with E-state index in [9.17, 15) is 4.79 Å². The topological polar surface area (TPSA) is 64.3 Å². The van der Waals surface area contributed by atoms with E-state index in [0.717, 1.165) is 5.56 Å². The van der Waals surface area contributed by atoms with Gasteiger partial charge < -0.3 is 15.8 Å². The number of carbonyl (C=O) groups is 1. The summed E-state index contributed by atoms with van der Waals surface area (Å²) in [5, 5.41) is 2.73. The van der Waals surface area contributed by atoms with Crippen LogP contribution in [0.15, 0.2) is 48.5 Å². The van der Waals surface area contributed by atoms with E-state index in [0.29, 0.717) is 13.0 Å². The maximum atomic E-state index is 11.7. The maximum absolute atomic E-state index is 11.7. The summed E-state index contributed by atoms with van der Waals surface area (Å²) < 4.78 is 5.22. The second kappa shape index (κ2) is 8.17. The predicted molar refractivity (Wildman–Crippen MR) is 103 cm³/mol. The molecule has 0 aliphatic rings. The average Bonchev–Trinajstić information content (AvgIpc) is 2.52. The first-order chi connectivity index (χ1) is 11.7. The normalized spacial score (nSPS) is 12.5. The van der Waals surface area contributed by atoms with Crippen LogP contribution in [-0.2, 0) is 11.2 Å². The van der Waals surface area contributed by atoms with Crippen molar-refractivity contribution in [2.24, 2.45) is 5.73 Å². The lowest BCUT2D eigenvalue weighted by Crippen LogP contribution is -2.41. The van der Waals surface area contributed by atoms with E-state index >= 15 is 0 Å². The van der Waals surface area contributed by atoms with Crippen molar-refractivity contribution in [2.75, 3.05) is 6.54 Å². The summed E-state index contributed by atoms with van der Waals surface area (Å²) in [5.74, 6) is 0. The lowest BCUT2D eigenvalue weighted by molar-refractivity contribution is 0.0524. The highest BCUT2D eigenvalue weighted by Crippen LogP contribution is 2.24. The number of hydrogen-bond donors (Lipinski definition) is 2. The summed E-state index contributed by atoms with van der Waals surface area (Å²) in [7, 11) is 0. The molecule has 0 aliphatic heterocycles. The van der Waals surface area contributed by atoms with Crippen LogP contribution in [0.5, 0.6) is 0 Å². The van der Waals surface area contributed by atoms with Gasteiger partial charge in [0.15, 0.2) is 0 Å². The van der Waals surface area contributed by atoms with Crippen LogP contribution in [0.1, 0.15) is 31.9 Å². The first kappa shape index (κ1) is 19.0. The minimum atomic E-state index is -0.504. The summed E-state index contributed by atoms with van der Waals surface area (Å²) in [6.07, 6.45) is 0.256. The molecular weight excluding hydrogens is 312 g/mol. The van der Waals surface area contributed by atoms with Gasteiger partial charge >= 0.3 is 6.09 Å². The van der Waals surface area contributed by atoms with Crippen molar-refractivity contribution >= 4 is 6.09 Å². The molecule has 0 fully saturated rings. The Labute approximate surface area is 150 Å². The van der Waals surface area contributed by atoms with Gasteiger partial charge in [-0.1, -0.05) is 48.5 Å². The Bertz CT molecular complexity index is 720. The number of rotatable bonds is 5. The van der Waals surface area contributed by atoms with E-state index in [1.807, 2.05) is 39.0 Å². The average molecular weight is 340 g/mol. The Hall–Kier alpha value is -2.33. The second-order valence-corrected chi connectivity index (χ2v) is 7.36. The number of nitrogens with two attached hydrogens (primary N) is 1. The third kappa shape index (κ3) is 6.24. The maximum Gasteiger partial charge on any atom is 0.407 e. The van der Waals surface area contributed by atoms with Crippen LogP contribution in [0.4, 0.5) is 4.79 Å². The van der Waals surface area contributed by atoms with Gasteiger partial charge in [0, 0.05) is 12.6 Å². The summed E-state index contributed by atoms with van der Waals surface area (Å²) in [4.78, 5) is 11.7. The van der Waals surface area contributed by atoms with Gasteiger partial charge in [0.05, 0.1) is 0 Å². The standard InChI is InChI=1S/C21H28N2O2/c1-15-8-5-6-11-19(15)17-10-7-9-16(12-17)13-18(22)14-23-20(24)25-21(2,3)4/h5-12,18H,13-14,22H2,1-4H3,(H,23,24). The predicted octanol–water partition coefficient (Wildman–Crippen LogP) is 4.06. The highest BCUT2D eigenvalue weighted by atomic mass is 16.6. The SMILES string of the molecule is Cc1ccccc1-c1cccc(CC(N)CNC(=O)OC(C)(C)C)c1. The largest absolute Gasteiger partial charge is 0.444 e. The molecule has 1 amide bonds. The van der Waals surface area contributed by atoms with Crippen LogP contribution in [0.25, 0.3) is 11.1 Å². The van der Waals surface area contributed by atoms with Crippen LogP contribution >= 0.6 is 0 Å². The van der Waals surface area contributed by atoms with Gasteiger partial charge in [-0.3, -0.25) is 0 Å². The van der Waals surface area contributed by atoms with Crippen molar-refractivity contribution in [3.63, 3.8) is 0 Å². The van der Waals surface area contributed by atoms with Crippen LogP contribution in [0.2, 0.25) is 0 Å². The third-order valence-electron chi connectivity index (χ3n) is 3.79. The number of aryl methyl sites for hydroxylation is 1. The van der Waals surface area contributed by atoms with Crippen LogP contribution < -0.4 is 11.1 Å². The summed E-state index contributed by atoms with van der Waals surface area (Å²) >= 11 is 0.